The molecule has 38 heavy (non-hydrogen) atoms. The Morgan fingerprint density at radius 1 is 0.816 bits per heavy atom. The number of sulfonamides is 1. The van der Waals surface area contributed by atoms with Gasteiger partial charge in [0.2, 0.25) is 15.9 Å². The minimum atomic E-state index is -3.87. The maximum Gasteiger partial charge on any atom is 0.244 e. The van der Waals surface area contributed by atoms with Crippen molar-refractivity contribution in [1.82, 2.24) is 9.21 Å². The summed E-state index contributed by atoms with van der Waals surface area (Å²) in [5.74, 6) is -0.148. The first-order chi connectivity index (χ1) is 18.1. The number of nitrogens with zero attached hydrogens (tertiary/aromatic N) is 3. The fourth-order valence-electron chi connectivity index (χ4n) is 5.41. The Hall–Kier alpha value is -3.16. The summed E-state index contributed by atoms with van der Waals surface area (Å²) in [6.45, 7) is 12.5. The third-order valence-corrected chi connectivity index (χ3v) is 9.71. The number of carbonyl (C=O) groups is 1. The number of aryl methyl sites for hydroxylation is 4. The van der Waals surface area contributed by atoms with Crippen LogP contribution < -0.4 is 4.90 Å². The van der Waals surface area contributed by atoms with E-state index in [0.717, 1.165) is 24.2 Å². The highest BCUT2D eigenvalue weighted by atomic mass is 32.2. The molecule has 202 valence electrons. The minimum absolute atomic E-state index is 0.148. The molecule has 3 aromatic carbocycles. The lowest BCUT2D eigenvalue weighted by Crippen LogP contribution is -2.52. The van der Waals surface area contributed by atoms with Crippen molar-refractivity contribution in [3.05, 3.63) is 94.0 Å². The van der Waals surface area contributed by atoms with Crippen LogP contribution in [0.15, 0.2) is 65.6 Å². The third kappa shape index (κ3) is 6.11. The fourth-order valence-corrected chi connectivity index (χ4v) is 7.21. The van der Waals surface area contributed by atoms with Crippen molar-refractivity contribution in [2.45, 2.75) is 45.9 Å². The van der Waals surface area contributed by atoms with E-state index in [2.05, 4.69) is 36.9 Å². The van der Waals surface area contributed by atoms with E-state index < -0.39 is 10.0 Å². The van der Waals surface area contributed by atoms with Crippen LogP contribution in [0.4, 0.5) is 5.69 Å². The van der Waals surface area contributed by atoms with Gasteiger partial charge in [0.15, 0.2) is 0 Å². The van der Waals surface area contributed by atoms with Crippen LogP contribution in [0.2, 0.25) is 0 Å². The predicted molar refractivity (Wildman–Crippen MR) is 154 cm³/mol. The first kappa shape index (κ1) is 27.9. The van der Waals surface area contributed by atoms with Gasteiger partial charge < -0.3 is 9.80 Å². The number of anilines is 1. The van der Waals surface area contributed by atoms with E-state index in [1.807, 2.05) is 68.1 Å². The van der Waals surface area contributed by atoms with Crippen molar-refractivity contribution in [2.75, 3.05) is 44.2 Å². The zero-order chi connectivity index (χ0) is 27.4. The first-order valence-electron chi connectivity index (χ1n) is 13.3. The largest absolute Gasteiger partial charge is 0.368 e. The van der Waals surface area contributed by atoms with Crippen LogP contribution in [0.25, 0.3) is 0 Å². The third-order valence-electron chi connectivity index (χ3n) is 7.56. The van der Waals surface area contributed by atoms with E-state index in [4.69, 9.17) is 0 Å². The van der Waals surface area contributed by atoms with Crippen LogP contribution in [-0.2, 0) is 21.2 Å². The standard InChI is InChI=1S/C31H39N3O3S/c1-23-20-25(3)31(26(4)21-23)38(36,37)34(15-14-28-11-7-6-8-12-28)22-30(35)33-18-16-32(17-19-33)29-13-9-10-24(2)27(29)5/h6-13,20-21H,14-19,22H2,1-5H3. The molecule has 1 aliphatic rings. The SMILES string of the molecule is Cc1cc(C)c(S(=O)(=O)N(CCc2ccccc2)CC(=O)N2CCN(c3cccc(C)c3C)CC2)c(C)c1. The van der Waals surface area contributed by atoms with Gasteiger partial charge in [-0.2, -0.15) is 4.31 Å². The molecular weight excluding hydrogens is 494 g/mol. The van der Waals surface area contributed by atoms with E-state index in [0.29, 0.717) is 35.5 Å². The maximum absolute atomic E-state index is 14.0. The van der Waals surface area contributed by atoms with E-state index in [-0.39, 0.29) is 19.0 Å². The molecule has 6 nitrogen and oxygen atoms in total. The number of rotatable bonds is 8. The summed E-state index contributed by atoms with van der Waals surface area (Å²) in [4.78, 5) is 17.9. The van der Waals surface area contributed by atoms with Gasteiger partial charge in [0, 0.05) is 38.4 Å². The Balaban J connectivity index is 1.53. The maximum atomic E-state index is 14.0. The lowest BCUT2D eigenvalue weighted by Gasteiger charge is -2.37. The van der Waals surface area contributed by atoms with Gasteiger partial charge in [-0.3, -0.25) is 4.79 Å². The molecule has 7 heteroatoms. The van der Waals surface area contributed by atoms with Crippen molar-refractivity contribution < 1.29 is 13.2 Å². The summed E-state index contributed by atoms with van der Waals surface area (Å²) in [5.41, 5.74) is 7.20. The zero-order valence-corrected chi connectivity index (χ0v) is 24.0. The van der Waals surface area contributed by atoms with Gasteiger partial charge in [0.1, 0.15) is 0 Å². The summed E-state index contributed by atoms with van der Waals surface area (Å²) in [6, 6.07) is 19.9. The van der Waals surface area contributed by atoms with Crippen molar-refractivity contribution in [2.24, 2.45) is 0 Å². The van der Waals surface area contributed by atoms with Gasteiger partial charge in [0.25, 0.3) is 0 Å². The molecule has 0 atom stereocenters. The van der Waals surface area contributed by atoms with E-state index in [1.165, 1.54) is 21.1 Å². The van der Waals surface area contributed by atoms with Crippen molar-refractivity contribution in [3.63, 3.8) is 0 Å². The van der Waals surface area contributed by atoms with Crippen LogP contribution in [0.5, 0.6) is 0 Å². The van der Waals surface area contributed by atoms with Crippen LogP contribution in [0, 0.1) is 34.6 Å². The molecule has 0 N–H and O–H groups in total. The molecule has 0 saturated carbocycles. The van der Waals surface area contributed by atoms with Crippen LogP contribution in [0.3, 0.4) is 0 Å². The van der Waals surface area contributed by atoms with Gasteiger partial charge >= 0.3 is 0 Å². The van der Waals surface area contributed by atoms with E-state index in [1.54, 1.807) is 0 Å². The summed E-state index contributed by atoms with van der Waals surface area (Å²) in [6.07, 6.45) is 0.539. The minimum Gasteiger partial charge on any atom is -0.368 e. The lowest BCUT2D eigenvalue weighted by molar-refractivity contribution is -0.131. The number of piperazine rings is 1. The monoisotopic (exact) mass is 533 g/mol. The second-order valence-corrected chi connectivity index (χ2v) is 12.3. The zero-order valence-electron chi connectivity index (χ0n) is 23.2. The number of carbonyl (C=O) groups excluding carboxylic acids is 1. The summed E-state index contributed by atoms with van der Waals surface area (Å²) >= 11 is 0. The number of amides is 1. The Labute approximate surface area is 227 Å². The van der Waals surface area contributed by atoms with Gasteiger partial charge in [-0.05, 0) is 74.9 Å². The van der Waals surface area contributed by atoms with Gasteiger partial charge in [-0.15, -0.1) is 0 Å². The number of hydrogen-bond acceptors (Lipinski definition) is 4. The fraction of sp³-hybridized carbons (Fsp3) is 0.387. The molecule has 0 spiro atoms. The van der Waals surface area contributed by atoms with Gasteiger partial charge in [0.05, 0.1) is 11.4 Å². The molecule has 1 fully saturated rings. The molecule has 0 radical (unpaired) electrons. The van der Waals surface area contributed by atoms with Crippen molar-refractivity contribution in [3.8, 4) is 0 Å². The molecule has 0 aliphatic carbocycles. The normalized spacial score (nSPS) is 14.3. The Morgan fingerprint density at radius 3 is 2.08 bits per heavy atom. The highest BCUT2D eigenvalue weighted by Gasteiger charge is 2.32. The van der Waals surface area contributed by atoms with Crippen molar-refractivity contribution >= 4 is 21.6 Å². The highest BCUT2D eigenvalue weighted by Crippen LogP contribution is 2.27. The quantitative estimate of drug-likeness (QED) is 0.417. The number of benzene rings is 3. The smallest absolute Gasteiger partial charge is 0.244 e. The van der Waals surface area contributed by atoms with Gasteiger partial charge in [-0.1, -0.05) is 60.2 Å². The van der Waals surface area contributed by atoms with Crippen LogP contribution in [0.1, 0.15) is 33.4 Å². The van der Waals surface area contributed by atoms with E-state index in [9.17, 15) is 13.2 Å². The topological polar surface area (TPSA) is 60.9 Å². The van der Waals surface area contributed by atoms with Crippen LogP contribution >= 0.6 is 0 Å². The second-order valence-electron chi connectivity index (χ2n) is 10.4. The molecule has 1 saturated heterocycles. The predicted octanol–water partition coefficient (Wildman–Crippen LogP) is 4.81. The molecule has 0 aromatic heterocycles. The van der Waals surface area contributed by atoms with Crippen LogP contribution in [-0.4, -0.2) is 62.8 Å². The Kier molecular flexibility index (Phi) is 8.58. The molecule has 4 rings (SSSR count). The Morgan fingerprint density at radius 2 is 1.45 bits per heavy atom. The summed E-state index contributed by atoms with van der Waals surface area (Å²) in [7, 11) is -3.87. The number of hydrogen-bond donors (Lipinski definition) is 0. The molecule has 1 aliphatic heterocycles. The van der Waals surface area contributed by atoms with E-state index >= 15 is 0 Å². The highest BCUT2D eigenvalue weighted by molar-refractivity contribution is 7.89. The average molecular weight is 534 g/mol. The lowest BCUT2D eigenvalue weighted by atomic mass is 10.1. The van der Waals surface area contributed by atoms with Gasteiger partial charge in [-0.25, -0.2) is 8.42 Å². The molecule has 1 heterocycles. The molecule has 0 unspecified atom stereocenters. The summed E-state index contributed by atoms with van der Waals surface area (Å²) in [5, 5.41) is 0. The molecule has 3 aromatic rings. The molecule has 1 amide bonds. The second kappa shape index (κ2) is 11.7. The molecule has 0 bridgehead atoms. The molecular formula is C31H39N3O3S. The Bertz CT molecular complexity index is 1370. The van der Waals surface area contributed by atoms with Crippen molar-refractivity contribution in [1.29, 1.82) is 0 Å². The average Bonchev–Trinajstić information content (AvgIpc) is 2.88. The first-order valence-corrected chi connectivity index (χ1v) is 14.7. The summed E-state index contributed by atoms with van der Waals surface area (Å²) < 4.78 is 29.3.